The van der Waals surface area contributed by atoms with Crippen LogP contribution >= 0.6 is 0 Å². The van der Waals surface area contributed by atoms with Gasteiger partial charge in [0.05, 0.1) is 12.8 Å². The fraction of sp³-hybridized carbons (Fsp3) is 0.320. The van der Waals surface area contributed by atoms with E-state index < -0.39 is 11.7 Å². The number of fused-ring (bicyclic) bond motifs is 2. The Kier molecular flexibility index (Phi) is 6.16. The summed E-state index contributed by atoms with van der Waals surface area (Å²) in [5, 5.41) is 11.2. The second-order valence-corrected chi connectivity index (χ2v) is 8.17. The van der Waals surface area contributed by atoms with E-state index in [9.17, 15) is 9.18 Å². The molecule has 34 heavy (non-hydrogen) atoms. The molecule has 2 aliphatic heterocycles. The van der Waals surface area contributed by atoms with Crippen LogP contribution < -0.4 is 19.5 Å². The quantitative estimate of drug-likeness (QED) is 0.569. The van der Waals surface area contributed by atoms with Crippen molar-refractivity contribution >= 4 is 17.7 Å². The van der Waals surface area contributed by atoms with Gasteiger partial charge in [-0.05, 0) is 54.8 Å². The fourth-order valence-corrected chi connectivity index (χ4v) is 4.19. The minimum absolute atomic E-state index is 0.0814. The molecule has 0 fully saturated rings. The molecule has 1 aromatic heterocycles. The lowest BCUT2D eigenvalue weighted by Gasteiger charge is -2.20. The summed E-state index contributed by atoms with van der Waals surface area (Å²) in [5.41, 5.74) is 1.48. The first-order valence-electron chi connectivity index (χ1n) is 11.3. The predicted molar refractivity (Wildman–Crippen MR) is 125 cm³/mol. The number of rotatable bonds is 5. The maximum Gasteiger partial charge on any atom is 0.248 e. The number of methoxy groups -OCH3 is 1. The average Bonchev–Trinajstić information content (AvgIpc) is 3.11. The summed E-state index contributed by atoms with van der Waals surface area (Å²) in [6.45, 7) is 1.72. The number of aryl methyl sites for hydroxylation is 1. The van der Waals surface area contributed by atoms with Gasteiger partial charge in [-0.3, -0.25) is 4.79 Å². The standard InChI is InChI=1S/C25H25FN4O4/c1-32-20-13-16(14-21-24(20)34-12-11-33-21)6-9-23(31)27-19-15-17(7-8-18(19)26)25-29-28-22-5-3-2-4-10-30(22)25/h6-9,13-15H,2-5,10-12H2,1H3,(H,27,31)/b9-6+. The third-order valence-corrected chi connectivity index (χ3v) is 5.87. The van der Waals surface area contributed by atoms with E-state index in [1.807, 2.05) is 0 Å². The molecule has 0 saturated carbocycles. The van der Waals surface area contributed by atoms with Gasteiger partial charge >= 0.3 is 0 Å². The Labute approximate surface area is 196 Å². The summed E-state index contributed by atoms with van der Waals surface area (Å²) in [6, 6.07) is 8.09. The highest BCUT2D eigenvalue weighted by molar-refractivity contribution is 6.02. The Balaban J connectivity index is 1.35. The highest BCUT2D eigenvalue weighted by atomic mass is 19.1. The summed E-state index contributed by atoms with van der Waals surface area (Å²) >= 11 is 0. The van der Waals surface area contributed by atoms with E-state index in [1.54, 1.807) is 30.3 Å². The first-order valence-corrected chi connectivity index (χ1v) is 11.3. The third kappa shape index (κ3) is 4.46. The molecule has 176 valence electrons. The molecule has 3 aromatic rings. The van der Waals surface area contributed by atoms with Crippen LogP contribution in [0.25, 0.3) is 17.5 Å². The van der Waals surface area contributed by atoms with Crippen LogP contribution in [0.3, 0.4) is 0 Å². The molecule has 0 unspecified atom stereocenters. The largest absolute Gasteiger partial charge is 0.493 e. The molecule has 3 heterocycles. The van der Waals surface area contributed by atoms with Gasteiger partial charge in [-0.1, -0.05) is 6.42 Å². The summed E-state index contributed by atoms with van der Waals surface area (Å²) in [6.07, 6.45) is 7.11. The number of anilines is 1. The lowest BCUT2D eigenvalue weighted by molar-refractivity contribution is -0.111. The van der Waals surface area contributed by atoms with Crippen LogP contribution in [-0.4, -0.2) is 41.0 Å². The number of nitrogens with zero attached hydrogens (tertiary/aromatic N) is 3. The molecule has 1 amide bonds. The third-order valence-electron chi connectivity index (χ3n) is 5.87. The van der Waals surface area contributed by atoms with Crippen molar-refractivity contribution in [3.05, 3.63) is 53.6 Å². The zero-order chi connectivity index (χ0) is 23.5. The maximum absolute atomic E-state index is 14.5. The summed E-state index contributed by atoms with van der Waals surface area (Å²) < 4.78 is 33.2. The van der Waals surface area contributed by atoms with E-state index in [0.717, 1.165) is 38.1 Å². The summed E-state index contributed by atoms with van der Waals surface area (Å²) in [5.74, 6) is 2.25. The summed E-state index contributed by atoms with van der Waals surface area (Å²) in [4.78, 5) is 12.6. The van der Waals surface area contributed by atoms with E-state index >= 15 is 0 Å². The van der Waals surface area contributed by atoms with Crippen molar-refractivity contribution in [3.63, 3.8) is 0 Å². The van der Waals surface area contributed by atoms with Crippen molar-refractivity contribution in [1.29, 1.82) is 0 Å². The normalized spacial score (nSPS) is 15.0. The lowest BCUT2D eigenvalue weighted by atomic mass is 10.1. The molecule has 2 aromatic carbocycles. The second-order valence-electron chi connectivity index (χ2n) is 8.17. The smallest absolute Gasteiger partial charge is 0.248 e. The Morgan fingerprint density at radius 3 is 2.91 bits per heavy atom. The zero-order valence-electron chi connectivity index (χ0n) is 18.8. The molecule has 2 aliphatic rings. The van der Waals surface area contributed by atoms with Gasteiger partial charge in [0.2, 0.25) is 11.7 Å². The molecule has 9 heteroatoms. The minimum atomic E-state index is -0.526. The molecule has 0 saturated heterocycles. The maximum atomic E-state index is 14.5. The molecule has 5 rings (SSSR count). The topological polar surface area (TPSA) is 87.5 Å². The van der Waals surface area contributed by atoms with Crippen LogP contribution in [0.15, 0.2) is 36.4 Å². The Bertz CT molecular complexity index is 1240. The monoisotopic (exact) mass is 464 g/mol. The molecule has 0 radical (unpaired) electrons. The SMILES string of the molecule is COc1cc(/C=C/C(=O)Nc2cc(-c3nnc4n3CCCCC4)ccc2F)cc2c1OCCO2. The van der Waals surface area contributed by atoms with E-state index in [1.165, 1.54) is 19.3 Å². The van der Waals surface area contributed by atoms with Gasteiger partial charge < -0.3 is 24.1 Å². The van der Waals surface area contributed by atoms with Crippen LogP contribution in [0.2, 0.25) is 0 Å². The molecule has 0 bridgehead atoms. The first-order chi connectivity index (χ1) is 16.6. The summed E-state index contributed by atoms with van der Waals surface area (Å²) in [7, 11) is 1.54. The van der Waals surface area contributed by atoms with Crippen molar-refractivity contribution in [2.45, 2.75) is 32.2 Å². The molecule has 0 aliphatic carbocycles. The number of nitrogens with one attached hydrogen (secondary N) is 1. The van der Waals surface area contributed by atoms with E-state index in [4.69, 9.17) is 14.2 Å². The molecule has 8 nitrogen and oxygen atoms in total. The van der Waals surface area contributed by atoms with Crippen LogP contribution in [0.5, 0.6) is 17.2 Å². The Hall–Kier alpha value is -3.88. The van der Waals surface area contributed by atoms with Crippen molar-refractivity contribution in [2.24, 2.45) is 0 Å². The van der Waals surface area contributed by atoms with E-state index in [-0.39, 0.29) is 5.69 Å². The lowest BCUT2D eigenvalue weighted by Crippen LogP contribution is -2.16. The fourth-order valence-electron chi connectivity index (χ4n) is 4.19. The van der Waals surface area contributed by atoms with Gasteiger partial charge in [0.15, 0.2) is 17.3 Å². The number of amides is 1. The van der Waals surface area contributed by atoms with Gasteiger partial charge in [0.1, 0.15) is 24.9 Å². The number of aromatic nitrogens is 3. The van der Waals surface area contributed by atoms with Crippen molar-refractivity contribution in [2.75, 3.05) is 25.6 Å². The number of halogens is 1. The Morgan fingerprint density at radius 1 is 1.15 bits per heavy atom. The molecule has 1 N–H and O–H groups in total. The minimum Gasteiger partial charge on any atom is -0.493 e. The van der Waals surface area contributed by atoms with E-state index in [2.05, 4.69) is 20.1 Å². The number of benzene rings is 2. The number of ether oxygens (including phenoxy) is 3. The molecular formula is C25H25FN4O4. The van der Waals surface area contributed by atoms with Crippen molar-refractivity contribution < 1.29 is 23.4 Å². The van der Waals surface area contributed by atoms with Crippen LogP contribution in [-0.2, 0) is 17.8 Å². The first kappa shape index (κ1) is 21.9. The number of carbonyl (C=O) groups excluding carboxylic acids is 1. The van der Waals surface area contributed by atoms with E-state index in [0.29, 0.717) is 47.4 Å². The van der Waals surface area contributed by atoms with Gasteiger partial charge in [0, 0.05) is 24.6 Å². The average molecular weight is 464 g/mol. The van der Waals surface area contributed by atoms with Crippen molar-refractivity contribution in [3.8, 4) is 28.6 Å². The van der Waals surface area contributed by atoms with Crippen molar-refractivity contribution in [1.82, 2.24) is 14.8 Å². The number of carbonyl (C=O) groups is 1. The van der Waals surface area contributed by atoms with Gasteiger partial charge in [-0.15, -0.1) is 10.2 Å². The molecule has 0 spiro atoms. The number of hydrogen-bond acceptors (Lipinski definition) is 6. The molecular weight excluding hydrogens is 439 g/mol. The second kappa shape index (κ2) is 9.54. The van der Waals surface area contributed by atoms with Gasteiger partial charge in [-0.2, -0.15) is 0 Å². The van der Waals surface area contributed by atoms with Crippen LogP contribution in [0.4, 0.5) is 10.1 Å². The Morgan fingerprint density at radius 2 is 2.03 bits per heavy atom. The van der Waals surface area contributed by atoms with Gasteiger partial charge in [0.25, 0.3) is 0 Å². The van der Waals surface area contributed by atoms with Gasteiger partial charge in [-0.25, -0.2) is 4.39 Å². The van der Waals surface area contributed by atoms with Crippen LogP contribution in [0.1, 0.15) is 30.7 Å². The number of hydrogen-bond donors (Lipinski definition) is 1. The highest BCUT2D eigenvalue weighted by Gasteiger charge is 2.19. The highest BCUT2D eigenvalue weighted by Crippen LogP contribution is 2.40. The molecule has 0 atom stereocenters. The van der Waals surface area contributed by atoms with Crippen LogP contribution in [0, 0.1) is 5.82 Å². The zero-order valence-corrected chi connectivity index (χ0v) is 18.8. The predicted octanol–water partition coefficient (Wildman–Crippen LogP) is 4.24.